The molecule has 0 aliphatic heterocycles. The van der Waals surface area contributed by atoms with E-state index >= 15 is 0 Å². The molecular formula is C12H16BrNO2S. The Morgan fingerprint density at radius 2 is 2.41 bits per heavy atom. The van der Waals surface area contributed by atoms with Gasteiger partial charge in [0.1, 0.15) is 0 Å². The van der Waals surface area contributed by atoms with E-state index < -0.39 is 5.97 Å². The van der Waals surface area contributed by atoms with Crippen LogP contribution in [0.5, 0.6) is 0 Å². The van der Waals surface area contributed by atoms with Gasteiger partial charge >= 0.3 is 5.97 Å². The number of thiophene rings is 1. The summed E-state index contributed by atoms with van der Waals surface area (Å²) in [6.07, 6.45) is 3.71. The molecule has 5 heteroatoms. The van der Waals surface area contributed by atoms with Gasteiger partial charge in [0.25, 0.3) is 0 Å². The molecule has 0 radical (unpaired) electrons. The molecule has 0 spiro atoms. The molecule has 0 amide bonds. The first-order valence-corrected chi connectivity index (χ1v) is 7.51. The standard InChI is InChI=1S/C12H16BrNO2S/c13-9-5-11(17-7-9)6-14-10-3-1-2-8(4-10)12(15)16/h5,7-8,10,14H,1-4,6H2,(H,15,16). The number of nitrogens with one attached hydrogen (secondary N) is 1. The van der Waals surface area contributed by atoms with Crippen molar-refractivity contribution in [3.05, 3.63) is 20.8 Å². The van der Waals surface area contributed by atoms with E-state index in [1.54, 1.807) is 11.3 Å². The lowest BCUT2D eigenvalue weighted by Gasteiger charge is -2.27. The Bertz CT molecular complexity index is 394. The molecule has 17 heavy (non-hydrogen) atoms. The minimum Gasteiger partial charge on any atom is -0.481 e. The van der Waals surface area contributed by atoms with Crippen LogP contribution in [0, 0.1) is 5.92 Å². The van der Waals surface area contributed by atoms with E-state index in [0.717, 1.165) is 36.7 Å². The topological polar surface area (TPSA) is 49.3 Å². The van der Waals surface area contributed by atoms with E-state index in [2.05, 4.69) is 32.7 Å². The molecule has 1 aromatic heterocycles. The van der Waals surface area contributed by atoms with Crippen LogP contribution < -0.4 is 5.32 Å². The summed E-state index contributed by atoms with van der Waals surface area (Å²) in [6.45, 7) is 0.841. The maximum Gasteiger partial charge on any atom is 0.306 e. The molecule has 0 bridgehead atoms. The number of rotatable bonds is 4. The monoisotopic (exact) mass is 317 g/mol. The SMILES string of the molecule is O=C(O)C1CCCC(NCc2cc(Br)cs2)C1. The average molecular weight is 318 g/mol. The minimum atomic E-state index is -0.643. The van der Waals surface area contributed by atoms with Crippen molar-refractivity contribution in [3.63, 3.8) is 0 Å². The quantitative estimate of drug-likeness (QED) is 0.896. The Balaban J connectivity index is 1.81. The Kier molecular flexibility index (Phi) is 4.59. The maximum absolute atomic E-state index is 10.9. The lowest BCUT2D eigenvalue weighted by Crippen LogP contribution is -2.35. The summed E-state index contributed by atoms with van der Waals surface area (Å²) in [5, 5.41) is 14.5. The average Bonchev–Trinajstić information content (AvgIpc) is 2.73. The predicted molar refractivity (Wildman–Crippen MR) is 72.2 cm³/mol. The lowest BCUT2D eigenvalue weighted by molar-refractivity contribution is -0.143. The molecule has 2 rings (SSSR count). The number of hydrogen-bond acceptors (Lipinski definition) is 3. The zero-order chi connectivity index (χ0) is 12.3. The lowest BCUT2D eigenvalue weighted by atomic mass is 9.86. The van der Waals surface area contributed by atoms with E-state index in [4.69, 9.17) is 5.11 Å². The van der Waals surface area contributed by atoms with Gasteiger partial charge in [0.15, 0.2) is 0 Å². The molecule has 1 aliphatic carbocycles. The first-order valence-electron chi connectivity index (χ1n) is 5.84. The van der Waals surface area contributed by atoms with Crippen LogP contribution in [0.15, 0.2) is 15.9 Å². The van der Waals surface area contributed by atoms with Gasteiger partial charge in [0, 0.05) is 27.3 Å². The molecular weight excluding hydrogens is 302 g/mol. The second-order valence-electron chi connectivity index (χ2n) is 4.51. The molecule has 1 aromatic rings. The van der Waals surface area contributed by atoms with Crippen molar-refractivity contribution >= 4 is 33.2 Å². The normalized spacial score (nSPS) is 24.8. The first kappa shape index (κ1) is 13.1. The van der Waals surface area contributed by atoms with Crippen molar-refractivity contribution in [2.75, 3.05) is 0 Å². The number of halogens is 1. The van der Waals surface area contributed by atoms with Crippen molar-refractivity contribution in [3.8, 4) is 0 Å². The molecule has 3 nitrogen and oxygen atoms in total. The number of carboxylic acid groups (broad SMARTS) is 1. The Morgan fingerprint density at radius 1 is 1.59 bits per heavy atom. The molecule has 94 valence electrons. The second-order valence-corrected chi connectivity index (χ2v) is 6.42. The van der Waals surface area contributed by atoms with Crippen LogP contribution in [0.4, 0.5) is 0 Å². The van der Waals surface area contributed by atoms with Crippen LogP contribution in [-0.4, -0.2) is 17.1 Å². The highest BCUT2D eigenvalue weighted by Gasteiger charge is 2.26. The van der Waals surface area contributed by atoms with Crippen molar-refractivity contribution < 1.29 is 9.90 Å². The summed E-state index contributed by atoms with van der Waals surface area (Å²) >= 11 is 5.15. The van der Waals surface area contributed by atoms with E-state index in [1.165, 1.54) is 4.88 Å². The fraction of sp³-hybridized carbons (Fsp3) is 0.583. The van der Waals surface area contributed by atoms with Crippen LogP contribution in [0.2, 0.25) is 0 Å². The molecule has 1 saturated carbocycles. The van der Waals surface area contributed by atoms with Crippen LogP contribution in [0.3, 0.4) is 0 Å². The zero-order valence-corrected chi connectivity index (χ0v) is 11.9. The fourth-order valence-electron chi connectivity index (χ4n) is 2.29. The molecule has 1 aliphatic rings. The van der Waals surface area contributed by atoms with E-state index in [-0.39, 0.29) is 5.92 Å². The summed E-state index contributed by atoms with van der Waals surface area (Å²) in [7, 11) is 0. The summed E-state index contributed by atoms with van der Waals surface area (Å²) < 4.78 is 1.12. The van der Waals surface area contributed by atoms with Gasteiger partial charge in [0.05, 0.1) is 5.92 Å². The van der Waals surface area contributed by atoms with Crippen LogP contribution in [0.1, 0.15) is 30.6 Å². The number of carbonyl (C=O) groups is 1. The molecule has 1 heterocycles. The Hall–Kier alpha value is -0.390. The van der Waals surface area contributed by atoms with Gasteiger partial charge in [0.2, 0.25) is 0 Å². The number of aliphatic carboxylic acids is 1. The van der Waals surface area contributed by atoms with Gasteiger partial charge in [-0.1, -0.05) is 6.42 Å². The largest absolute Gasteiger partial charge is 0.481 e. The molecule has 2 N–H and O–H groups in total. The molecule has 2 unspecified atom stereocenters. The van der Waals surface area contributed by atoms with Gasteiger partial charge in [-0.3, -0.25) is 4.79 Å². The highest BCUT2D eigenvalue weighted by atomic mass is 79.9. The summed E-state index contributed by atoms with van der Waals surface area (Å²) in [6, 6.07) is 2.46. The van der Waals surface area contributed by atoms with Crippen LogP contribution >= 0.6 is 27.3 Å². The highest BCUT2D eigenvalue weighted by molar-refractivity contribution is 9.10. The second kappa shape index (κ2) is 5.98. The minimum absolute atomic E-state index is 0.156. The molecule has 0 saturated heterocycles. The maximum atomic E-state index is 10.9. The van der Waals surface area contributed by atoms with Crippen molar-refractivity contribution in [1.82, 2.24) is 5.32 Å². The van der Waals surface area contributed by atoms with Gasteiger partial charge in [-0.15, -0.1) is 11.3 Å². The Labute approximate surface area is 113 Å². The Morgan fingerprint density at radius 3 is 3.06 bits per heavy atom. The summed E-state index contributed by atoms with van der Waals surface area (Å²) in [4.78, 5) is 12.2. The third kappa shape index (κ3) is 3.79. The molecule has 0 aromatic carbocycles. The smallest absolute Gasteiger partial charge is 0.306 e. The summed E-state index contributed by atoms with van der Waals surface area (Å²) in [5.74, 6) is -0.799. The van der Waals surface area contributed by atoms with E-state index in [9.17, 15) is 4.79 Å². The molecule has 1 fully saturated rings. The van der Waals surface area contributed by atoms with Crippen molar-refractivity contribution in [2.24, 2.45) is 5.92 Å². The molecule has 2 atom stereocenters. The van der Waals surface area contributed by atoms with Crippen molar-refractivity contribution in [2.45, 2.75) is 38.3 Å². The van der Waals surface area contributed by atoms with Crippen LogP contribution in [-0.2, 0) is 11.3 Å². The third-order valence-electron chi connectivity index (χ3n) is 3.21. The third-order valence-corrected chi connectivity index (χ3v) is 4.91. The zero-order valence-electron chi connectivity index (χ0n) is 9.49. The van der Waals surface area contributed by atoms with Gasteiger partial charge in [-0.05, 0) is 41.3 Å². The highest BCUT2D eigenvalue weighted by Crippen LogP contribution is 2.25. The predicted octanol–water partition coefficient (Wildman–Crippen LogP) is 3.24. The van der Waals surface area contributed by atoms with Gasteiger partial charge in [-0.2, -0.15) is 0 Å². The summed E-state index contributed by atoms with van der Waals surface area (Å²) in [5.41, 5.74) is 0. The van der Waals surface area contributed by atoms with Crippen molar-refractivity contribution in [1.29, 1.82) is 0 Å². The first-order chi connectivity index (χ1) is 8.15. The van der Waals surface area contributed by atoms with Gasteiger partial charge in [-0.25, -0.2) is 0 Å². The van der Waals surface area contributed by atoms with Gasteiger partial charge < -0.3 is 10.4 Å². The number of hydrogen-bond donors (Lipinski definition) is 2. The van der Waals surface area contributed by atoms with E-state index in [1.807, 2.05) is 0 Å². The van der Waals surface area contributed by atoms with E-state index in [0.29, 0.717) is 6.04 Å². The number of carboxylic acids is 1. The van der Waals surface area contributed by atoms with Crippen LogP contribution in [0.25, 0.3) is 0 Å². The fourth-order valence-corrected chi connectivity index (χ4v) is 3.69.